The molecule has 78 heavy (non-hydrogen) atoms. The first-order chi connectivity index (χ1) is 35.0. The summed E-state index contributed by atoms with van der Waals surface area (Å²) in [5, 5.41) is -6.94. The van der Waals surface area contributed by atoms with Crippen molar-refractivity contribution in [1.29, 1.82) is 0 Å². The van der Waals surface area contributed by atoms with Crippen LogP contribution in [0.4, 0.5) is 65.9 Å². The van der Waals surface area contributed by atoms with Gasteiger partial charge < -0.3 is 37.4 Å². The van der Waals surface area contributed by atoms with Crippen LogP contribution in [0.1, 0.15) is 139 Å². The Balaban J connectivity index is 0.000000226. The van der Waals surface area contributed by atoms with Gasteiger partial charge in [-0.2, -0.15) is 74.3 Å². The molecular weight excluding hydrogens is 1100 g/mol. The van der Waals surface area contributed by atoms with Crippen molar-refractivity contribution in [1.82, 2.24) is 0 Å². The standard InChI is InChI=1S/C19H24BF3O3.C17H14F12O4S.C12H24B2O4/c1-17(2)18(3,4)26-20(25-17)14-7-11-16(12-8-14)24-15-9-5-13(6-10-15)19(21,22)23;18-13(19,20)9-1-3-10(4-2-9)32-11-5-7-12(8-6-11)33-34(30,31)17(28,29)15(23,24)14(21,22)16(25,26)27;1-9(2)10(3,4)16-13(15-9)14-17-11(5,6)12(7,8)18-14/h5-7,9-10,16H,8,11-12H2,1-4H3;1-4,11-12H,5-8H2;1-8H3. The van der Waals surface area contributed by atoms with Crippen molar-refractivity contribution in [2.45, 2.75) is 216 Å². The van der Waals surface area contributed by atoms with Gasteiger partial charge in [0.1, 0.15) is 17.6 Å². The van der Waals surface area contributed by atoms with Crippen LogP contribution in [0.3, 0.4) is 0 Å². The molecule has 1 atom stereocenters. The monoisotopic (exact) mass is 1160 g/mol. The molecule has 440 valence electrons. The Morgan fingerprint density at radius 3 is 1.12 bits per heavy atom. The van der Waals surface area contributed by atoms with Crippen molar-refractivity contribution >= 4 is 31.3 Å². The fourth-order valence-corrected chi connectivity index (χ4v) is 9.09. The van der Waals surface area contributed by atoms with Gasteiger partial charge in [-0.15, -0.1) is 0 Å². The third-order valence-corrected chi connectivity index (χ3v) is 16.4. The zero-order valence-electron chi connectivity index (χ0n) is 44.7. The summed E-state index contributed by atoms with van der Waals surface area (Å²) in [7, 11) is -8.26. The lowest BCUT2D eigenvalue weighted by molar-refractivity contribution is -0.382. The molecule has 4 fully saturated rings. The molecular formula is C48H62B3F15O11S. The molecule has 2 aliphatic carbocycles. The van der Waals surface area contributed by atoms with E-state index in [2.05, 4.69) is 10.3 Å². The van der Waals surface area contributed by atoms with Gasteiger partial charge in [0.2, 0.25) is 0 Å². The van der Waals surface area contributed by atoms with E-state index >= 15 is 0 Å². The molecule has 3 aliphatic heterocycles. The quantitative estimate of drug-likeness (QED) is 0.122. The molecule has 0 N–H and O–H groups in total. The SMILES string of the molecule is CC1(C)OB(B2OC(C)(C)C(C)(C)O2)OC1(C)C.CC1(C)OB(C2=CCC(Oc3ccc(C(F)(F)F)cc3)CC2)OC1(C)C.O=S(=O)(OC1CCC(Oc2ccc(C(F)(F)F)cc2)CC1)C(F)(F)C(F)(F)C(F)(F)C(F)(F)F. The van der Waals surface area contributed by atoms with Gasteiger partial charge in [0.25, 0.3) is 0 Å². The number of hydrogen-bond acceptors (Lipinski definition) is 11. The van der Waals surface area contributed by atoms with Crippen molar-refractivity contribution in [2.24, 2.45) is 0 Å². The van der Waals surface area contributed by atoms with Crippen LogP contribution in [-0.4, -0.2) is 105 Å². The third kappa shape index (κ3) is 14.1. The Hall–Kier alpha value is -3.41. The minimum atomic E-state index is -7.40. The molecule has 30 heteroatoms. The molecule has 0 bridgehead atoms. The first-order valence-corrected chi connectivity index (χ1v) is 26.0. The highest BCUT2D eigenvalue weighted by Crippen LogP contribution is 2.55. The van der Waals surface area contributed by atoms with Crippen molar-refractivity contribution in [3.05, 3.63) is 71.2 Å². The number of halogens is 15. The number of ether oxygens (including phenoxy) is 2. The molecule has 0 amide bonds. The largest absolute Gasteiger partial charge is 0.490 e. The summed E-state index contributed by atoms with van der Waals surface area (Å²) in [6, 6.07) is 8.18. The molecule has 1 unspecified atom stereocenters. The topological polar surface area (TPSA) is 117 Å². The Morgan fingerprint density at radius 1 is 0.462 bits per heavy atom. The van der Waals surface area contributed by atoms with Crippen molar-refractivity contribution in [3.63, 3.8) is 0 Å². The Morgan fingerprint density at radius 2 is 0.795 bits per heavy atom. The maximum Gasteiger partial charge on any atom is 0.490 e. The van der Waals surface area contributed by atoms with E-state index in [4.69, 9.17) is 37.4 Å². The zero-order valence-corrected chi connectivity index (χ0v) is 45.5. The van der Waals surface area contributed by atoms with Gasteiger partial charge in [-0.05, 0) is 176 Å². The van der Waals surface area contributed by atoms with E-state index < -0.39 is 95.9 Å². The van der Waals surface area contributed by atoms with E-state index in [0.29, 0.717) is 24.3 Å². The lowest BCUT2D eigenvalue weighted by Crippen LogP contribution is -2.63. The van der Waals surface area contributed by atoms with Gasteiger partial charge in [-0.25, -0.2) is 0 Å². The Labute approximate surface area is 444 Å². The second-order valence-electron chi connectivity index (χ2n) is 22.4. The van der Waals surface area contributed by atoms with Crippen LogP contribution in [0, 0.1) is 0 Å². The fraction of sp³-hybridized carbons (Fsp3) is 0.708. The van der Waals surface area contributed by atoms with Gasteiger partial charge in [0, 0.05) is 6.42 Å². The molecule has 7 rings (SSSR count). The Kier molecular flexibility index (Phi) is 18.5. The third-order valence-electron chi connectivity index (χ3n) is 15.0. The second kappa shape index (κ2) is 22.1. The molecule has 0 aromatic heterocycles. The average molecular weight is 1160 g/mol. The van der Waals surface area contributed by atoms with Crippen LogP contribution in [-0.2, 0) is 54.6 Å². The van der Waals surface area contributed by atoms with Gasteiger partial charge in [0.15, 0.2) is 0 Å². The molecule has 2 aromatic rings. The van der Waals surface area contributed by atoms with Crippen LogP contribution >= 0.6 is 0 Å². The molecule has 3 heterocycles. The maximum atomic E-state index is 13.7. The van der Waals surface area contributed by atoms with E-state index in [0.717, 1.165) is 42.6 Å². The van der Waals surface area contributed by atoms with Crippen LogP contribution in [0.2, 0.25) is 0 Å². The van der Waals surface area contributed by atoms with E-state index in [1.54, 1.807) is 0 Å². The molecule has 0 radical (unpaired) electrons. The summed E-state index contributed by atoms with van der Waals surface area (Å²) in [4.78, 5) is 0. The zero-order chi connectivity index (χ0) is 59.5. The van der Waals surface area contributed by atoms with E-state index in [-0.39, 0.29) is 65.4 Å². The van der Waals surface area contributed by atoms with Crippen molar-refractivity contribution in [3.8, 4) is 11.5 Å². The van der Waals surface area contributed by atoms with Crippen molar-refractivity contribution < 1.29 is 116 Å². The summed E-state index contributed by atoms with van der Waals surface area (Å²) in [5.74, 6) is -14.4. The smallest absolute Gasteiger partial charge is 0.490 e. The van der Waals surface area contributed by atoms with Crippen molar-refractivity contribution in [2.75, 3.05) is 0 Å². The van der Waals surface area contributed by atoms with Crippen LogP contribution in [0.25, 0.3) is 0 Å². The number of allylic oxidation sites excluding steroid dienone is 1. The van der Waals surface area contributed by atoms with E-state index in [1.165, 1.54) is 12.1 Å². The van der Waals surface area contributed by atoms with Gasteiger partial charge in [0.05, 0.1) is 56.9 Å². The number of rotatable bonds is 11. The van der Waals surface area contributed by atoms with E-state index in [9.17, 15) is 74.3 Å². The van der Waals surface area contributed by atoms with E-state index in [1.807, 2.05) is 83.1 Å². The lowest BCUT2D eigenvalue weighted by Gasteiger charge is -2.34. The molecule has 1 saturated carbocycles. The van der Waals surface area contributed by atoms with Gasteiger partial charge in [-0.1, -0.05) is 6.08 Å². The minimum Gasteiger partial charge on any atom is -0.490 e. The molecule has 5 aliphatic rings. The molecule has 0 spiro atoms. The highest BCUT2D eigenvalue weighted by atomic mass is 32.2. The summed E-state index contributed by atoms with van der Waals surface area (Å²) in [6.07, 6.45) is -15.8. The average Bonchev–Trinajstić information content (AvgIpc) is 3.76. The lowest BCUT2D eigenvalue weighted by atomic mass is 9.49. The number of hydrogen-bond donors (Lipinski definition) is 0. The Bertz CT molecular complexity index is 2430. The normalized spacial score (nSPS) is 25.1. The summed E-state index contributed by atoms with van der Waals surface area (Å²) in [6.45, 7) is 24.3. The van der Waals surface area contributed by atoms with Crippen LogP contribution in [0.5, 0.6) is 11.5 Å². The summed E-state index contributed by atoms with van der Waals surface area (Å²) >= 11 is 0. The predicted octanol–water partition coefficient (Wildman–Crippen LogP) is 13.6. The highest BCUT2D eigenvalue weighted by molar-refractivity contribution is 7.87. The molecule has 11 nitrogen and oxygen atoms in total. The summed E-state index contributed by atoms with van der Waals surface area (Å²) < 4.78 is 266. The fourth-order valence-electron chi connectivity index (χ4n) is 7.98. The van der Waals surface area contributed by atoms with Crippen LogP contribution in [0.15, 0.2) is 60.1 Å². The number of alkyl halides is 15. The molecule has 2 aromatic carbocycles. The summed E-state index contributed by atoms with van der Waals surface area (Å²) in [5.41, 5.74) is -2.72. The maximum absolute atomic E-state index is 13.7. The first-order valence-electron chi connectivity index (χ1n) is 24.6. The highest BCUT2D eigenvalue weighted by Gasteiger charge is 2.86. The predicted molar refractivity (Wildman–Crippen MR) is 255 cm³/mol. The first kappa shape index (κ1) is 65.4. The molecule has 3 saturated heterocycles. The number of benzene rings is 2. The van der Waals surface area contributed by atoms with Gasteiger partial charge in [-0.3, -0.25) is 4.18 Å². The van der Waals surface area contributed by atoms with Gasteiger partial charge >= 0.3 is 66.9 Å². The second-order valence-corrected chi connectivity index (χ2v) is 24.0. The minimum absolute atomic E-state index is 0.0365. The van der Waals surface area contributed by atoms with Crippen LogP contribution < -0.4 is 9.47 Å².